The van der Waals surface area contributed by atoms with E-state index in [-0.39, 0.29) is 0 Å². The second-order valence-electron chi connectivity index (χ2n) is 16.4. The SMILES string of the molecule is c1ccc(-c2ccc(N(c3ccc(-c4ccccc4)cc3)c3ccc4c(c3)sc3cc5c(c(-c6ccccc6)c34)-c3ccccc3C5(c3ccccc3)c3ccccc3)cc2)cc1. The summed E-state index contributed by atoms with van der Waals surface area (Å²) >= 11 is 1.90. The fourth-order valence-electron chi connectivity index (χ4n) is 10.2. The molecule has 1 heterocycles. The molecule has 0 amide bonds. The van der Waals surface area contributed by atoms with Gasteiger partial charge in [0.1, 0.15) is 0 Å². The van der Waals surface area contributed by atoms with Gasteiger partial charge in [0.05, 0.1) is 5.41 Å². The Kier molecular flexibility index (Phi) is 8.98. The van der Waals surface area contributed by atoms with Crippen molar-refractivity contribution in [3.63, 3.8) is 0 Å². The highest BCUT2D eigenvalue weighted by Crippen LogP contribution is 2.61. The van der Waals surface area contributed by atoms with Gasteiger partial charge in [0.2, 0.25) is 0 Å². The maximum atomic E-state index is 2.53. The van der Waals surface area contributed by atoms with Crippen LogP contribution in [-0.4, -0.2) is 0 Å². The van der Waals surface area contributed by atoms with E-state index < -0.39 is 5.41 Å². The molecule has 12 rings (SSSR count). The summed E-state index contributed by atoms with van der Waals surface area (Å²) in [6, 6.07) is 91.3. The van der Waals surface area contributed by atoms with Gasteiger partial charge in [0, 0.05) is 37.2 Å². The van der Waals surface area contributed by atoms with Crippen LogP contribution in [0.2, 0.25) is 0 Å². The van der Waals surface area contributed by atoms with E-state index in [9.17, 15) is 0 Å². The molecule has 1 aliphatic carbocycles. The molecule has 0 fully saturated rings. The second-order valence-corrected chi connectivity index (χ2v) is 17.5. The number of thiophene rings is 1. The van der Waals surface area contributed by atoms with Crippen molar-refractivity contribution in [2.45, 2.75) is 5.41 Å². The number of anilines is 3. The summed E-state index contributed by atoms with van der Waals surface area (Å²) in [5.41, 5.74) is 18.0. The van der Waals surface area contributed by atoms with Crippen LogP contribution in [0.5, 0.6) is 0 Å². The first-order valence-corrected chi connectivity index (χ1v) is 22.5. The van der Waals surface area contributed by atoms with E-state index in [2.05, 4.69) is 254 Å². The average Bonchev–Trinajstić information content (AvgIpc) is 3.88. The minimum absolute atomic E-state index is 0.498. The molecule has 1 aliphatic rings. The van der Waals surface area contributed by atoms with Gasteiger partial charge in [-0.05, 0) is 109 Å². The van der Waals surface area contributed by atoms with Crippen molar-refractivity contribution in [3.05, 3.63) is 271 Å². The summed E-state index contributed by atoms with van der Waals surface area (Å²) in [7, 11) is 0. The maximum Gasteiger partial charge on any atom is 0.0714 e. The van der Waals surface area contributed by atoms with Gasteiger partial charge >= 0.3 is 0 Å². The van der Waals surface area contributed by atoms with Crippen molar-refractivity contribution in [1.29, 1.82) is 0 Å². The van der Waals surface area contributed by atoms with Crippen LogP contribution in [0.3, 0.4) is 0 Å². The summed E-state index contributed by atoms with van der Waals surface area (Å²) in [4.78, 5) is 2.40. The van der Waals surface area contributed by atoms with Gasteiger partial charge in [-0.25, -0.2) is 0 Å². The molecule has 0 atom stereocenters. The predicted molar refractivity (Wildman–Crippen MR) is 268 cm³/mol. The highest BCUT2D eigenvalue weighted by molar-refractivity contribution is 7.26. The van der Waals surface area contributed by atoms with E-state index in [1.54, 1.807) is 0 Å². The van der Waals surface area contributed by atoms with Crippen molar-refractivity contribution < 1.29 is 0 Å². The molecule has 2 heteroatoms. The number of fused-ring (bicyclic) bond motifs is 6. The number of hydrogen-bond acceptors (Lipinski definition) is 2. The highest BCUT2D eigenvalue weighted by atomic mass is 32.1. The molecule has 0 saturated carbocycles. The number of rotatable bonds is 8. The highest BCUT2D eigenvalue weighted by Gasteiger charge is 2.47. The van der Waals surface area contributed by atoms with E-state index in [1.165, 1.54) is 86.9 Å². The zero-order valence-corrected chi connectivity index (χ0v) is 35.3. The third-order valence-corrected chi connectivity index (χ3v) is 14.0. The second kappa shape index (κ2) is 15.3. The fourth-order valence-corrected chi connectivity index (χ4v) is 11.4. The van der Waals surface area contributed by atoms with Crippen molar-refractivity contribution in [2.75, 3.05) is 4.90 Å². The molecule has 0 bridgehead atoms. The third-order valence-electron chi connectivity index (χ3n) is 12.9. The Morgan fingerprint density at radius 1 is 0.317 bits per heavy atom. The molecule has 11 aromatic rings. The molecule has 0 saturated heterocycles. The minimum atomic E-state index is -0.498. The van der Waals surface area contributed by atoms with Crippen LogP contribution in [0, 0.1) is 0 Å². The molecule has 0 N–H and O–H groups in total. The first-order valence-electron chi connectivity index (χ1n) is 21.7. The van der Waals surface area contributed by atoms with Crippen LogP contribution in [-0.2, 0) is 5.41 Å². The van der Waals surface area contributed by atoms with Crippen molar-refractivity contribution in [2.24, 2.45) is 0 Å². The zero-order chi connectivity index (χ0) is 41.7. The molecule has 63 heavy (non-hydrogen) atoms. The van der Waals surface area contributed by atoms with Crippen LogP contribution in [0.15, 0.2) is 249 Å². The van der Waals surface area contributed by atoms with Gasteiger partial charge in [-0.15, -0.1) is 11.3 Å². The Labute approximate surface area is 372 Å². The lowest BCUT2D eigenvalue weighted by Gasteiger charge is -2.34. The van der Waals surface area contributed by atoms with Crippen LogP contribution in [0.4, 0.5) is 17.1 Å². The molecule has 0 unspecified atom stereocenters. The maximum absolute atomic E-state index is 2.53. The quantitative estimate of drug-likeness (QED) is 0.148. The van der Waals surface area contributed by atoms with Crippen LogP contribution >= 0.6 is 11.3 Å². The topological polar surface area (TPSA) is 3.24 Å². The van der Waals surface area contributed by atoms with Crippen molar-refractivity contribution >= 4 is 48.6 Å². The monoisotopic (exact) mass is 819 g/mol. The molecule has 0 aliphatic heterocycles. The summed E-state index contributed by atoms with van der Waals surface area (Å²) in [5, 5.41) is 2.58. The Morgan fingerprint density at radius 3 is 1.30 bits per heavy atom. The molecule has 1 aromatic heterocycles. The summed E-state index contributed by atoms with van der Waals surface area (Å²) in [6.45, 7) is 0. The first-order chi connectivity index (χ1) is 31.3. The molecule has 0 spiro atoms. The average molecular weight is 820 g/mol. The minimum Gasteiger partial charge on any atom is -0.310 e. The van der Waals surface area contributed by atoms with E-state index in [0.717, 1.165) is 17.1 Å². The van der Waals surface area contributed by atoms with Gasteiger partial charge in [0.25, 0.3) is 0 Å². The number of nitrogens with zero attached hydrogens (tertiary/aromatic N) is 1. The lowest BCUT2D eigenvalue weighted by molar-refractivity contribution is 0.770. The summed E-state index contributed by atoms with van der Waals surface area (Å²) in [6.07, 6.45) is 0. The molecular formula is C61H41NS. The van der Waals surface area contributed by atoms with Crippen molar-refractivity contribution in [3.8, 4) is 44.5 Å². The molecule has 1 nitrogen and oxygen atoms in total. The van der Waals surface area contributed by atoms with Crippen LogP contribution < -0.4 is 4.90 Å². The van der Waals surface area contributed by atoms with Crippen molar-refractivity contribution in [1.82, 2.24) is 0 Å². The Balaban J connectivity index is 1.10. The standard InChI is InChI=1S/C61H41NS/c1-6-18-42(19-7-1)44-30-34-49(35-31-44)62(50-36-32-45(33-37-50)43-20-8-2-9-21-43)51-38-39-53-56(40-51)63-57-41-55-59(58(60(53)57)46-22-10-3-11-23-46)52-28-16-17-29-54(52)61(55,47-24-12-4-13-25-47)48-26-14-5-15-27-48/h1-41H. The summed E-state index contributed by atoms with van der Waals surface area (Å²) < 4.78 is 2.54. The van der Waals surface area contributed by atoms with Gasteiger partial charge in [-0.1, -0.05) is 206 Å². The predicted octanol–water partition coefficient (Wildman–Crippen LogP) is 16.9. The largest absolute Gasteiger partial charge is 0.310 e. The Bertz CT molecular complexity index is 3270. The fraction of sp³-hybridized carbons (Fsp3) is 0.0164. The van der Waals surface area contributed by atoms with Gasteiger partial charge in [-0.2, -0.15) is 0 Å². The van der Waals surface area contributed by atoms with E-state index >= 15 is 0 Å². The third kappa shape index (κ3) is 6.06. The molecule has 0 radical (unpaired) electrons. The molecular weight excluding hydrogens is 779 g/mol. The van der Waals surface area contributed by atoms with Gasteiger partial charge < -0.3 is 4.90 Å². The normalized spacial score (nSPS) is 12.6. The van der Waals surface area contributed by atoms with Gasteiger partial charge in [-0.3, -0.25) is 0 Å². The smallest absolute Gasteiger partial charge is 0.0714 e. The van der Waals surface area contributed by atoms with E-state index in [4.69, 9.17) is 0 Å². The number of benzene rings is 10. The van der Waals surface area contributed by atoms with Gasteiger partial charge in [0.15, 0.2) is 0 Å². The molecule has 296 valence electrons. The Morgan fingerprint density at radius 2 is 0.762 bits per heavy atom. The van der Waals surface area contributed by atoms with E-state index in [0.29, 0.717) is 0 Å². The zero-order valence-electron chi connectivity index (χ0n) is 34.5. The number of hydrogen-bond donors (Lipinski definition) is 0. The Hall–Kier alpha value is -7.78. The lowest BCUT2D eigenvalue weighted by atomic mass is 9.67. The lowest BCUT2D eigenvalue weighted by Crippen LogP contribution is -2.28. The van der Waals surface area contributed by atoms with E-state index in [1.807, 2.05) is 11.3 Å². The molecule has 10 aromatic carbocycles. The first kappa shape index (κ1) is 37.0. The van der Waals surface area contributed by atoms with Crippen LogP contribution in [0.1, 0.15) is 22.3 Å². The summed E-state index contributed by atoms with van der Waals surface area (Å²) in [5.74, 6) is 0. The van der Waals surface area contributed by atoms with Crippen LogP contribution in [0.25, 0.3) is 64.7 Å².